The minimum absolute atomic E-state index is 0.0130. The molecule has 0 fully saturated rings. The average molecular weight is 293 g/mol. The molecule has 3 N–H and O–H groups in total. The number of hydrogen-bond acceptors (Lipinski definition) is 4. The number of aromatic carboxylic acids is 1. The summed E-state index contributed by atoms with van der Waals surface area (Å²) in [5, 5.41) is 20.6. The van der Waals surface area contributed by atoms with E-state index < -0.39 is 11.9 Å². The monoisotopic (exact) mass is 292 g/mol. The van der Waals surface area contributed by atoms with Gasteiger partial charge in [-0.05, 0) is 30.3 Å². The van der Waals surface area contributed by atoms with Crippen molar-refractivity contribution < 1.29 is 19.8 Å². The molecule has 0 aliphatic carbocycles. The van der Waals surface area contributed by atoms with Crippen molar-refractivity contribution in [2.45, 2.75) is 0 Å². The SMILES string of the molecule is O=C(O)c1ccnc(NC(=O)c2ccc(O)c(Cl)c2)c1. The fourth-order valence-electron chi connectivity index (χ4n) is 1.47. The molecule has 0 saturated heterocycles. The Morgan fingerprint density at radius 1 is 1.15 bits per heavy atom. The summed E-state index contributed by atoms with van der Waals surface area (Å²) < 4.78 is 0. The van der Waals surface area contributed by atoms with Crippen molar-refractivity contribution in [1.82, 2.24) is 4.98 Å². The molecule has 6 nitrogen and oxygen atoms in total. The van der Waals surface area contributed by atoms with Gasteiger partial charge in [-0.3, -0.25) is 4.79 Å². The number of nitrogens with one attached hydrogen (secondary N) is 1. The maximum atomic E-state index is 11.9. The van der Waals surface area contributed by atoms with Crippen LogP contribution >= 0.6 is 11.6 Å². The molecule has 1 amide bonds. The van der Waals surface area contributed by atoms with Gasteiger partial charge < -0.3 is 15.5 Å². The summed E-state index contributed by atoms with van der Waals surface area (Å²) in [4.78, 5) is 26.6. The number of amides is 1. The van der Waals surface area contributed by atoms with E-state index in [1.165, 1.54) is 36.5 Å². The summed E-state index contributed by atoms with van der Waals surface area (Å²) in [7, 11) is 0. The van der Waals surface area contributed by atoms with Crippen LogP contribution in [0.2, 0.25) is 5.02 Å². The first-order valence-corrected chi connectivity index (χ1v) is 5.84. The molecule has 0 atom stereocenters. The number of rotatable bonds is 3. The van der Waals surface area contributed by atoms with Gasteiger partial charge in [-0.1, -0.05) is 11.6 Å². The molecule has 0 saturated carbocycles. The van der Waals surface area contributed by atoms with Crippen molar-refractivity contribution >= 4 is 29.3 Å². The Kier molecular flexibility index (Phi) is 3.86. The van der Waals surface area contributed by atoms with E-state index in [-0.39, 0.29) is 27.7 Å². The number of hydrogen-bond donors (Lipinski definition) is 3. The number of aromatic nitrogens is 1. The lowest BCUT2D eigenvalue weighted by Crippen LogP contribution is -2.13. The van der Waals surface area contributed by atoms with Crippen LogP contribution in [0.1, 0.15) is 20.7 Å². The van der Waals surface area contributed by atoms with Crippen molar-refractivity contribution in [2.24, 2.45) is 0 Å². The summed E-state index contributed by atoms with van der Waals surface area (Å²) in [5.41, 5.74) is 0.231. The zero-order valence-corrected chi connectivity index (χ0v) is 10.8. The van der Waals surface area contributed by atoms with Gasteiger partial charge in [-0.2, -0.15) is 0 Å². The van der Waals surface area contributed by atoms with Crippen LogP contribution in [0, 0.1) is 0 Å². The second kappa shape index (κ2) is 5.58. The van der Waals surface area contributed by atoms with Crippen LogP contribution in [-0.2, 0) is 0 Å². The van der Waals surface area contributed by atoms with Gasteiger partial charge in [0.15, 0.2) is 0 Å². The summed E-state index contributed by atoms with van der Waals surface area (Å²) in [6.45, 7) is 0. The van der Waals surface area contributed by atoms with Gasteiger partial charge in [0.2, 0.25) is 0 Å². The summed E-state index contributed by atoms with van der Waals surface area (Å²) in [6, 6.07) is 6.53. The number of nitrogens with zero attached hydrogens (tertiary/aromatic N) is 1. The van der Waals surface area contributed by atoms with E-state index in [1.54, 1.807) is 0 Å². The van der Waals surface area contributed by atoms with Crippen LogP contribution in [-0.4, -0.2) is 27.1 Å². The van der Waals surface area contributed by atoms with E-state index in [0.717, 1.165) is 0 Å². The number of carbonyl (C=O) groups is 2. The number of pyridine rings is 1. The summed E-state index contributed by atoms with van der Waals surface area (Å²) >= 11 is 5.70. The third kappa shape index (κ3) is 3.04. The van der Waals surface area contributed by atoms with Crippen molar-refractivity contribution in [3.63, 3.8) is 0 Å². The Bertz CT molecular complexity index is 688. The first-order valence-electron chi connectivity index (χ1n) is 5.46. The smallest absolute Gasteiger partial charge is 0.335 e. The maximum absolute atomic E-state index is 11.9. The Morgan fingerprint density at radius 3 is 2.55 bits per heavy atom. The first kappa shape index (κ1) is 13.8. The van der Waals surface area contributed by atoms with E-state index in [0.29, 0.717) is 0 Å². The Hall–Kier alpha value is -2.60. The highest BCUT2D eigenvalue weighted by atomic mass is 35.5. The van der Waals surface area contributed by atoms with Crippen molar-refractivity contribution in [2.75, 3.05) is 5.32 Å². The number of carboxylic acid groups (broad SMARTS) is 1. The molecule has 2 rings (SSSR count). The van der Waals surface area contributed by atoms with E-state index in [9.17, 15) is 14.7 Å². The molecular weight excluding hydrogens is 284 g/mol. The van der Waals surface area contributed by atoms with Gasteiger partial charge in [-0.25, -0.2) is 9.78 Å². The Morgan fingerprint density at radius 2 is 1.90 bits per heavy atom. The van der Waals surface area contributed by atoms with Crippen LogP contribution in [0.4, 0.5) is 5.82 Å². The van der Waals surface area contributed by atoms with E-state index >= 15 is 0 Å². The van der Waals surface area contributed by atoms with Crippen molar-refractivity contribution in [3.8, 4) is 5.75 Å². The number of anilines is 1. The fraction of sp³-hybridized carbons (Fsp3) is 0. The number of carbonyl (C=O) groups excluding carboxylic acids is 1. The number of carboxylic acids is 1. The summed E-state index contributed by atoms with van der Waals surface area (Å²) in [5.74, 6) is -1.65. The van der Waals surface area contributed by atoms with E-state index in [4.69, 9.17) is 16.7 Å². The molecule has 2 aromatic rings. The van der Waals surface area contributed by atoms with Gasteiger partial charge in [0.1, 0.15) is 11.6 Å². The fourth-order valence-corrected chi connectivity index (χ4v) is 1.65. The topological polar surface area (TPSA) is 99.5 Å². The lowest BCUT2D eigenvalue weighted by molar-refractivity contribution is 0.0696. The lowest BCUT2D eigenvalue weighted by Gasteiger charge is -2.06. The van der Waals surface area contributed by atoms with Crippen molar-refractivity contribution in [3.05, 3.63) is 52.7 Å². The van der Waals surface area contributed by atoms with Crippen LogP contribution in [0.15, 0.2) is 36.5 Å². The number of phenolic OH excluding ortho intramolecular Hbond substituents is 1. The molecule has 1 aromatic carbocycles. The van der Waals surface area contributed by atoms with E-state index in [1.807, 2.05) is 0 Å². The van der Waals surface area contributed by atoms with Gasteiger partial charge in [-0.15, -0.1) is 0 Å². The molecular formula is C13H9ClN2O4. The van der Waals surface area contributed by atoms with Crippen LogP contribution in [0.3, 0.4) is 0 Å². The Labute approximate surface area is 118 Å². The quantitative estimate of drug-likeness (QED) is 0.806. The predicted molar refractivity (Wildman–Crippen MR) is 72.3 cm³/mol. The first-order chi connectivity index (χ1) is 9.47. The number of halogens is 1. The molecule has 7 heteroatoms. The van der Waals surface area contributed by atoms with Crippen LogP contribution < -0.4 is 5.32 Å². The van der Waals surface area contributed by atoms with Gasteiger partial charge >= 0.3 is 5.97 Å². The molecule has 0 radical (unpaired) electrons. The zero-order valence-electron chi connectivity index (χ0n) is 10.0. The summed E-state index contributed by atoms with van der Waals surface area (Å²) in [6.07, 6.45) is 1.28. The number of aromatic hydroxyl groups is 1. The standard InChI is InChI=1S/C13H9ClN2O4/c14-9-5-7(1-2-10(9)17)12(18)16-11-6-8(13(19)20)3-4-15-11/h1-6,17H,(H,19,20)(H,15,16,18). The minimum Gasteiger partial charge on any atom is -0.506 e. The van der Waals surface area contributed by atoms with Gasteiger partial charge in [0.05, 0.1) is 10.6 Å². The highest BCUT2D eigenvalue weighted by Crippen LogP contribution is 2.24. The molecule has 1 aromatic heterocycles. The largest absolute Gasteiger partial charge is 0.506 e. The minimum atomic E-state index is -1.12. The molecule has 1 heterocycles. The lowest BCUT2D eigenvalue weighted by atomic mass is 10.2. The highest BCUT2D eigenvalue weighted by Gasteiger charge is 2.11. The molecule has 0 bridgehead atoms. The second-order valence-corrected chi connectivity index (χ2v) is 4.26. The molecule has 0 aliphatic heterocycles. The van der Waals surface area contributed by atoms with Gasteiger partial charge in [0, 0.05) is 11.8 Å². The van der Waals surface area contributed by atoms with Crippen molar-refractivity contribution in [1.29, 1.82) is 0 Å². The molecule has 102 valence electrons. The molecule has 0 unspecified atom stereocenters. The van der Waals surface area contributed by atoms with E-state index in [2.05, 4.69) is 10.3 Å². The Balaban J connectivity index is 2.21. The second-order valence-electron chi connectivity index (χ2n) is 3.86. The normalized spacial score (nSPS) is 10.1. The maximum Gasteiger partial charge on any atom is 0.335 e. The third-order valence-corrected chi connectivity index (χ3v) is 2.76. The highest BCUT2D eigenvalue weighted by molar-refractivity contribution is 6.32. The van der Waals surface area contributed by atoms with Crippen LogP contribution in [0.5, 0.6) is 5.75 Å². The molecule has 0 spiro atoms. The number of benzene rings is 1. The average Bonchev–Trinajstić information content (AvgIpc) is 2.42. The van der Waals surface area contributed by atoms with Crippen LogP contribution in [0.25, 0.3) is 0 Å². The third-order valence-electron chi connectivity index (χ3n) is 2.46. The zero-order chi connectivity index (χ0) is 14.7. The predicted octanol–water partition coefficient (Wildman–Crippen LogP) is 2.39. The van der Waals surface area contributed by atoms with Gasteiger partial charge in [0.25, 0.3) is 5.91 Å². The number of phenols is 1. The molecule has 0 aliphatic rings. The molecule has 20 heavy (non-hydrogen) atoms.